The second kappa shape index (κ2) is 8.12. The Labute approximate surface area is 151 Å². The molecular formula is C21H23F3O2. The smallest absolute Gasteiger partial charge is 0.167 e. The first-order chi connectivity index (χ1) is 12.5. The normalized spacial score (nSPS) is 20.2. The van der Waals surface area contributed by atoms with Gasteiger partial charge in [-0.15, -0.1) is 0 Å². The minimum Gasteiger partial charge on any atom is -0.494 e. The molecule has 1 fully saturated rings. The van der Waals surface area contributed by atoms with Gasteiger partial charge in [-0.25, -0.2) is 13.2 Å². The van der Waals surface area contributed by atoms with Crippen LogP contribution in [0.1, 0.15) is 44.3 Å². The minimum absolute atomic E-state index is 0.0208. The van der Waals surface area contributed by atoms with Crippen LogP contribution < -0.4 is 4.74 Å². The predicted octanol–water partition coefficient (Wildman–Crippen LogP) is 6.05. The highest BCUT2D eigenvalue weighted by atomic mass is 19.2. The second-order valence-electron chi connectivity index (χ2n) is 6.73. The molecule has 0 radical (unpaired) electrons. The molecule has 5 heteroatoms. The Morgan fingerprint density at radius 3 is 2.50 bits per heavy atom. The Morgan fingerprint density at radius 2 is 1.88 bits per heavy atom. The van der Waals surface area contributed by atoms with Gasteiger partial charge in [0, 0.05) is 11.1 Å². The number of rotatable bonds is 5. The number of hydrogen-bond donors (Lipinski definition) is 0. The molecule has 2 unspecified atom stereocenters. The molecule has 2 atom stereocenters. The van der Waals surface area contributed by atoms with E-state index in [-0.39, 0.29) is 22.4 Å². The zero-order chi connectivity index (χ0) is 18.7. The maximum atomic E-state index is 14.7. The minimum atomic E-state index is -0.980. The van der Waals surface area contributed by atoms with Crippen LogP contribution in [0.2, 0.25) is 0 Å². The van der Waals surface area contributed by atoms with Crippen LogP contribution in [0.3, 0.4) is 0 Å². The number of ether oxygens (including phenoxy) is 2. The SMILES string of the molecule is CCCC1CCC(c2ccc(-c3ccc(OC)c(F)c3)c(F)c2F)OC1. The fourth-order valence-corrected chi connectivity index (χ4v) is 3.56. The van der Waals surface area contributed by atoms with Crippen molar-refractivity contribution in [3.8, 4) is 16.9 Å². The van der Waals surface area contributed by atoms with E-state index in [9.17, 15) is 13.2 Å². The van der Waals surface area contributed by atoms with Gasteiger partial charge in [0.05, 0.1) is 19.8 Å². The Hall–Kier alpha value is -2.01. The number of halogens is 3. The Morgan fingerprint density at radius 1 is 1.08 bits per heavy atom. The zero-order valence-electron chi connectivity index (χ0n) is 15.0. The van der Waals surface area contributed by atoms with E-state index < -0.39 is 23.6 Å². The molecule has 0 aliphatic carbocycles. The van der Waals surface area contributed by atoms with Gasteiger partial charge in [-0.2, -0.15) is 0 Å². The lowest BCUT2D eigenvalue weighted by atomic mass is 9.91. The lowest BCUT2D eigenvalue weighted by molar-refractivity contribution is -0.0214. The van der Waals surface area contributed by atoms with Crippen molar-refractivity contribution >= 4 is 0 Å². The van der Waals surface area contributed by atoms with E-state index in [1.54, 1.807) is 6.07 Å². The molecule has 0 saturated carbocycles. The van der Waals surface area contributed by atoms with Crippen molar-refractivity contribution in [2.75, 3.05) is 13.7 Å². The predicted molar refractivity (Wildman–Crippen MR) is 94.6 cm³/mol. The first-order valence-electron chi connectivity index (χ1n) is 8.98. The van der Waals surface area contributed by atoms with Gasteiger partial charge in [-0.1, -0.05) is 31.5 Å². The summed E-state index contributed by atoms with van der Waals surface area (Å²) in [7, 11) is 1.35. The molecule has 2 aromatic rings. The van der Waals surface area contributed by atoms with E-state index in [1.165, 1.54) is 25.3 Å². The lowest BCUT2D eigenvalue weighted by Gasteiger charge is -2.29. The summed E-state index contributed by atoms with van der Waals surface area (Å²) in [5.41, 5.74) is 0.515. The van der Waals surface area contributed by atoms with Crippen LogP contribution in [0.25, 0.3) is 11.1 Å². The highest BCUT2D eigenvalue weighted by Gasteiger charge is 2.27. The summed E-state index contributed by atoms with van der Waals surface area (Å²) in [6.07, 6.45) is 3.38. The molecule has 1 saturated heterocycles. The molecule has 3 rings (SSSR count). The summed E-state index contributed by atoms with van der Waals surface area (Å²) in [4.78, 5) is 0. The van der Waals surface area contributed by atoms with Crippen molar-refractivity contribution in [2.24, 2.45) is 5.92 Å². The molecule has 140 valence electrons. The fraction of sp³-hybridized carbons (Fsp3) is 0.429. The monoisotopic (exact) mass is 364 g/mol. The van der Waals surface area contributed by atoms with Gasteiger partial charge in [-0.05, 0) is 42.9 Å². The fourth-order valence-electron chi connectivity index (χ4n) is 3.56. The maximum absolute atomic E-state index is 14.7. The average Bonchev–Trinajstić information content (AvgIpc) is 2.65. The van der Waals surface area contributed by atoms with Crippen LogP contribution in [0, 0.1) is 23.4 Å². The van der Waals surface area contributed by atoms with Crippen molar-refractivity contribution in [1.29, 1.82) is 0 Å². The van der Waals surface area contributed by atoms with Crippen LogP contribution >= 0.6 is 0 Å². The lowest BCUT2D eigenvalue weighted by Crippen LogP contribution is -2.21. The summed E-state index contributed by atoms with van der Waals surface area (Å²) >= 11 is 0. The van der Waals surface area contributed by atoms with Gasteiger partial charge in [0.25, 0.3) is 0 Å². The Bertz CT molecular complexity index is 768. The third-order valence-electron chi connectivity index (χ3n) is 4.99. The van der Waals surface area contributed by atoms with E-state index in [4.69, 9.17) is 9.47 Å². The highest BCUT2D eigenvalue weighted by Crippen LogP contribution is 2.36. The van der Waals surface area contributed by atoms with Crippen LogP contribution in [0.15, 0.2) is 30.3 Å². The molecular weight excluding hydrogens is 341 g/mol. The molecule has 0 N–H and O–H groups in total. The summed E-state index contributed by atoms with van der Waals surface area (Å²) in [6.45, 7) is 2.70. The maximum Gasteiger partial charge on any atom is 0.167 e. The summed E-state index contributed by atoms with van der Waals surface area (Å²) in [6, 6.07) is 7.07. The van der Waals surface area contributed by atoms with Crippen molar-refractivity contribution < 1.29 is 22.6 Å². The molecule has 1 aliphatic rings. The first-order valence-corrected chi connectivity index (χ1v) is 8.98. The summed E-state index contributed by atoms with van der Waals surface area (Å²) in [5.74, 6) is -1.97. The van der Waals surface area contributed by atoms with E-state index in [2.05, 4.69) is 6.92 Å². The second-order valence-corrected chi connectivity index (χ2v) is 6.73. The number of benzene rings is 2. The van der Waals surface area contributed by atoms with Gasteiger partial charge in [0.15, 0.2) is 23.2 Å². The molecule has 1 heterocycles. The molecule has 26 heavy (non-hydrogen) atoms. The van der Waals surface area contributed by atoms with Gasteiger partial charge < -0.3 is 9.47 Å². The first kappa shape index (κ1) is 18.8. The third-order valence-corrected chi connectivity index (χ3v) is 4.99. The molecule has 2 nitrogen and oxygen atoms in total. The molecule has 0 aromatic heterocycles. The number of methoxy groups -OCH3 is 1. The molecule has 2 aromatic carbocycles. The van der Waals surface area contributed by atoms with Gasteiger partial charge in [0.1, 0.15) is 0 Å². The van der Waals surface area contributed by atoms with Crippen molar-refractivity contribution in [1.82, 2.24) is 0 Å². The molecule has 0 amide bonds. The molecule has 0 bridgehead atoms. The molecule has 0 spiro atoms. The van der Waals surface area contributed by atoms with E-state index in [0.717, 1.165) is 25.3 Å². The van der Waals surface area contributed by atoms with E-state index >= 15 is 0 Å². The standard InChI is InChI=1S/C21H23F3O2/c1-3-4-13-5-9-18(26-12-13)16-8-7-15(20(23)21(16)24)14-6-10-19(25-2)17(22)11-14/h6-8,10-11,13,18H,3-5,9,12H2,1-2H3. The molecule has 1 aliphatic heterocycles. The largest absolute Gasteiger partial charge is 0.494 e. The quantitative estimate of drug-likeness (QED) is 0.643. The third kappa shape index (κ3) is 3.73. The Balaban J connectivity index is 1.84. The van der Waals surface area contributed by atoms with Crippen molar-refractivity contribution in [3.05, 3.63) is 53.3 Å². The van der Waals surface area contributed by atoms with Gasteiger partial charge in [-0.3, -0.25) is 0 Å². The van der Waals surface area contributed by atoms with Crippen LogP contribution in [-0.2, 0) is 4.74 Å². The zero-order valence-corrected chi connectivity index (χ0v) is 15.0. The van der Waals surface area contributed by atoms with E-state index in [0.29, 0.717) is 18.9 Å². The van der Waals surface area contributed by atoms with Crippen LogP contribution in [0.4, 0.5) is 13.2 Å². The van der Waals surface area contributed by atoms with Crippen LogP contribution in [-0.4, -0.2) is 13.7 Å². The van der Waals surface area contributed by atoms with Crippen molar-refractivity contribution in [2.45, 2.75) is 38.7 Å². The van der Waals surface area contributed by atoms with Crippen LogP contribution in [0.5, 0.6) is 5.75 Å². The summed E-state index contributed by atoms with van der Waals surface area (Å²) in [5, 5.41) is 0. The Kier molecular flexibility index (Phi) is 5.87. The van der Waals surface area contributed by atoms with Crippen molar-refractivity contribution in [3.63, 3.8) is 0 Å². The van der Waals surface area contributed by atoms with Gasteiger partial charge in [0.2, 0.25) is 0 Å². The average molecular weight is 364 g/mol. The van der Waals surface area contributed by atoms with E-state index in [1.807, 2.05) is 0 Å². The highest BCUT2D eigenvalue weighted by molar-refractivity contribution is 5.66. The summed E-state index contributed by atoms with van der Waals surface area (Å²) < 4.78 is 53.8. The van der Waals surface area contributed by atoms with Gasteiger partial charge >= 0.3 is 0 Å². The number of hydrogen-bond acceptors (Lipinski definition) is 2. The topological polar surface area (TPSA) is 18.5 Å².